The monoisotopic (exact) mass is 643 g/mol. The SMILES string of the molecule is COc1ncnc(C2CC2)c1-c1ncnc(N(CC#CC(=N)/C=C\C(=N)N)Cc2ccc(-c3nc(C(F)(F)F)cn3C(C)C)cc2)n1. The zero-order valence-electron chi connectivity index (χ0n) is 25.9. The minimum atomic E-state index is -4.56. The van der Waals surface area contributed by atoms with Gasteiger partial charge in [-0.15, -0.1) is 0 Å². The number of allylic oxidation sites excluding steroid dienone is 1. The number of hydrogen-bond donors (Lipinski definition) is 3. The summed E-state index contributed by atoms with van der Waals surface area (Å²) in [6.07, 6.45) is 3.87. The first-order valence-electron chi connectivity index (χ1n) is 14.6. The van der Waals surface area contributed by atoms with Crippen molar-refractivity contribution in [2.45, 2.75) is 51.4 Å². The molecule has 12 nitrogen and oxygen atoms in total. The summed E-state index contributed by atoms with van der Waals surface area (Å²) in [5.74, 6) is 6.91. The van der Waals surface area contributed by atoms with E-state index in [4.69, 9.17) is 26.3 Å². The van der Waals surface area contributed by atoms with Crippen LogP contribution < -0.4 is 15.4 Å². The first kappa shape index (κ1) is 32.7. The van der Waals surface area contributed by atoms with Crippen molar-refractivity contribution in [1.82, 2.24) is 34.5 Å². The fourth-order valence-electron chi connectivity index (χ4n) is 4.73. The molecule has 0 amide bonds. The third-order valence-corrected chi connectivity index (χ3v) is 7.15. The number of benzene rings is 1. The lowest BCUT2D eigenvalue weighted by Gasteiger charge is -2.21. The number of nitrogens with one attached hydrogen (secondary N) is 2. The van der Waals surface area contributed by atoms with E-state index in [-0.39, 0.29) is 48.4 Å². The zero-order valence-corrected chi connectivity index (χ0v) is 25.9. The molecule has 3 heterocycles. The Labute approximate surface area is 269 Å². The van der Waals surface area contributed by atoms with Gasteiger partial charge < -0.3 is 19.9 Å². The molecule has 1 fully saturated rings. The van der Waals surface area contributed by atoms with Crippen molar-refractivity contribution < 1.29 is 17.9 Å². The lowest BCUT2D eigenvalue weighted by Crippen LogP contribution is -2.25. The van der Waals surface area contributed by atoms with Crippen LogP contribution in [0.15, 0.2) is 55.3 Å². The number of nitrogens with two attached hydrogens (primary N) is 1. The van der Waals surface area contributed by atoms with Gasteiger partial charge in [-0.25, -0.2) is 24.9 Å². The largest absolute Gasteiger partial charge is 0.480 e. The van der Waals surface area contributed by atoms with Crippen molar-refractivity contribution in [3.8, 4) is 40.5 Å². The average Bonchev–Trinajstić information content (AvgIpc) is 3.79. The fraction of sp³-hybridized carbons (Fsp3) is 0.312. The summed E-state index contributed by atoms with van der Waals surface area (Å²) in [5, 5.41) is 15.3. The van der Waals surface area contributed by atoms with Gasteiger partial charge in [-0.05, 0) is 50.3 Å². The van der Waals surface area contributed by atoms with Crippen LogP contribution >= 0.6 is 0 Å². The van der Waals surface area contributed by atoms with Crippen LogP contribution in [-0.4, -0.2) is 59.7 Å². The van der Waals surface area contributed by atoms with Crippen LogP contribution in [0, 0.1) is 22.7 Å². The molecule has 0 bridgehead atoms. The Morgan fingerprint density at radius 1 is 1.09 bits per heavy atom. The van der Waals surface area contributed by atoms with E-state index in [1.807, 2.05) is 0 Å². The van der Waals surface area contributed by atoms with Crippen molar-refractivity contribution >= 4 is 17.5 Å². The Kier molecular flexibility index (Phi) is 9.59. The molecule has 1 aliphatic carbocycles. The molecule has 242 valence electrons. The predicted molar refractivity (Wildman–Crippen MR) is 170 cm³/mol. The summed E-state index contributed by atoms with van der Waals surface area (Å²) in [6, 6.07) is 6.78. The lowest BCUT2D eigenvalue weighted by molar-refractivity contribution is -0.140. The molecule has 1 aliphatic rings. The van der Waals surface area contributed by atoms with E-state index in [0.717, 1.165) is 30.3 Å². The lowest BCUT2D eigenvalue weighted by atomic mass is 10.1. The van der Waals surface area contributed by atoms with Crippen molar-refractivity contribution in [2.75, 3.05) is 18.6 Å². The topological polar surface area (TPSA) is 168 Å². The number of anilines is 1. The normalized spacial score (nSPS) is 13.0. The first-order chi connectivity index (χ1) is 22.4. The van der Waals surface area contributed by atoms with E-state index in [0.29, 0.717) is 22.8 Å². The van der Waals surface area contributed by atoms with Gasteiger partial charge in [0.15, 0.2) is 11.5 Å². The number of ether oxygens (including phenoxy) is 1. The van der Waals surface area contributed by atoms with Gasteiger partial charge >= 0.3 is 6.18 Å². The van der Waals surface area contributed by atoms with Gasteiger partial charge in [0, 0.05) is 30.3 Å². The Hall–Kier alpha value is -5.65. The summed E-state index contributed by atoms with van der Waals surface area (Å²) in [7, 11) is 1.52. The summed E-state index contributed by atoms with van der Waals surface area (Å²) >= 11 is 0. The second kappa shape index (κ2) is 13.8. The molecule has 4 N–H and O–H groups in total. The summed E-state index contributed by atoms with van der Waals surface area (Å²) in [5.41, 5.74) is 7.06. The fourth-order valence-corrected chi connectivity index (χ4v) is 4.73. The van der Waals surface area contributed by atoms with Crippen molar-refractivity contribution in [3.05, 3.63) is 72.2 Å². The molecule has 0 saturated heterocycles. The molecule has 47 heavy (non-hydrogen) atoms. The van der Waals surface area contributed by atoms with E-state index in [9.17, 15) is 13.2 Å². The predicted octanol–water partition coefficient (Wildman–Crippen LogP) is 5.20. The van der Waals surface area contributed by atoms with Crippen molar-refractivity contribution in [1.29, 1.82) is 10.8 Å². The highest BCUT2D eigenvalue weighted by Crippen LogP contribution is 2.44. The highest BCUT2D eigenvalue weighted by Gasteiger charge is 2.35. The number of rotatable bonds is 11. The van der Waals surface area contributed by atoms with E-state index in [1.165, 1.54) is 36.5 Å². The Bertz CT molecular complexity index is 1870. The Morgan fingerprint density at radius 2 is 1.81 bits per heavy atom. The molecule has 4 aromatic rings. The first-order valence-corrected chi connectivity index (χ1v) is 14.6. The van der Waals surface area contributed by atoms with Gasteiger partial charge in [0.25, 0.3) is 0 Å². The Morgan fingerprint density at radius 3 is 2.45 bits per heavy atom. The van der Waals surface area contributed by atoms with Gasteiger partial charge in [0.05, 0.1) is 19.3 Å². The number of hydrogen-bond acceptors (Lipinski definition) is 10. The second-order valence-electron chi connectivity index (χ2n) is 11.0. The molecule has 0 unspecified atom stereocenters. The van der Waals surface area contributed by atoms with Gasteiger partial charge in [-0.1, -0.05) is 30.2 Å². The number of halogens is 3. The van der Waals surface area contributed by atoms with Crippen LogP contribution in [0.5, 0.6) is 5.88 Å². The average molecular weight is 644 g/mol. The molecule has 0 atom stereocenters. The quantitative estimate of drug-likeness (QED) is 0.113. The molecule has 0 spiro atoms. The molecule has 15 heteroatoms. The van der Waals surface area contributed by atoms with Gasteiger partial charge in [0.2, 0.25) is 11.8 Å². The second-order valence-corrected chi connectivity index (χ2v) is 11.0. The van der Waals surface area contributed by atoms with Crippen LogP contribution in [0.1, 0.15) is 55.6 Å². The molecular formula is C32H32F3N11O. The summed E-state index contributed by atoms with van der Waals surface area (Å²) in [4.78, 5) is 28.0. The van der Waals surface area contributed by atoms with E-state index in [2.05, 4.69) is 36.8 Å². The summed E-state index contributed by atoms with van der Waals surface area (Å²) < 4.78 is 47.4. The van der Waals surface area contributed by atoms with Gasteiger partial charge in [-0.3, -0.25) is 10.8 Å². The molecule has 0 radical (unpaired) electrons. The van der Waals surface area contributed by atoms with Crippen LogP contribution in [0.3, 0.4) is 0 Å². The van der Waals surface area contributed by atoms with Crippen LogP contribution in [-0.2, 0) is 12.7 Å². The van der Waals surface area contributed by atoms with Crippen LogP contribution in [0.4, 0.5) is 19.1 Å². The third kappa shape index (κ3) is 7.96. The zero-order chi connectivity index (χ0) is 33.7. The highest BCUT2D eigenvalue weighted by molar-refractivity contribution is 6.09. The molecule has 5 rings (SSSR count). The maximum absolute atomic E-state index is 13.4. The van der Waals surface area contributed by atoms with Crippen LogP contribution in [0.2, 0.25) is 0 Å². The maximum atomic E-state index is 13.4. The maximum Gasteiger partial charge on any atom is 0.434 e. The Balaban J connectivity index is 1.48. The smallest absolute Gasteiger partial charge is 0.434 e. The standard InChI is InChI=1S/C32H32F3N11O/c1-19(2)46-16-24(32(33,34)35)43-29(46)22-8-6-20(7-9-22)15-45(14-4-5-23(36)12-13-25(37)38)31-42-18-40-28(44-31)26-27(21-10-11-21)39-17-41-30(26)47-3/h6-9,12-13,16-19,21,36H,10-11,14-15H2,1-3H3,(H3,37,38)/b13-12-,36-23?. The molecule has 0 aliphatic heterocycles. The number of alkyl halides is 3. The molecule has 3 aromatic heterocycles. The van der Waals surface area contributed by atoms with E-state index in [1.54, 1.807) is 43.0 Å². The summed E-state index contributed by atoms with van der Waals surface area (Å²) in [6.45, 7) is 3.95. The third-order valence-electron chi connectivity index (χ3n) is 7.15. The highest BCUT2D eigenvalue weighted by atomic mass is 19.4. The van der Waals surface area contributed by atoms with Crippen molar-refractivity contribution in [3.63, 3.8) is 0 Å². The van der Waals surface area contributed by atoms with Gasteiger partial charge in [0.1, 0.15) is 35.6 Å². The minimum Gasteiger partial charge on any atom is -0.480 e. The number of aromatic nitrogens is 7. The number of amidine groups is 1. The van der Waals surface area contributed by atoms with Crippen molar-refractivity contribution in [2.24, 2.45) is 5.73 Å². The van der Waals surface area contributed by atoms with Crippen LogP contribution in [0.25, 0.3) is 22.8 Å². The van der Waals surface area contributed by atoms with E-state index < -0.39 is 11.9 Å². The molecule has 1 saturated carbocycles. The minimum absolute atomic E-state index is 0.0417. The van der Waals surface area contributed by atoms with Gasteiger partial charge in [-0.2, -0.15) is 18.2 Å². The molecule has 1 aromatic carbocycles. The van der Waals surface area contributed by atoms with E-state index >= 15 is 0 Å². The number of methoxy groups -OCH3 is 1. The molecular weight excluding hydrogens is 611 g/mol. The number of imidazole rings is 1. The number of nitrogens with zero attached hydrogens (tertiary/aromatic N) is 8.